The lowest BCUT2D eigenvalue weighted by atomic mass is 9.93. The maximum Gasteiger partial charge on any atom is 0.235 e. The Kier molecular flexibility index (Phi) is 4.84. The number of anilines is 1. The molecular weight excluding hydrogens is 410 g/mol. The molecule has 0 aliphatic carbocycles. The molecule has 130 valence electrons. The molecule has 4 heteroatoms. The first kappa shape index (κ1) is 17.3. The predicted octanol–water partition coefficient (Wildman–Crippen LogP) is 5.98. The molecule has 3 aromatic rings. The number of rotatable bonds is 4. The lowest BCUT2D eigenvalue weighted by Crippen LogP contribution is -2.28. The summed E-state index contributed by atoms with van der Waals surface area (Å²) in [7, 11) is 0. The van der Waals surface area contributed by atoms with Gasteiger partial charge in [0, 0.05) is 15.2 Å². The van der Waals surface area contributed by atoms with Crippen LogP contribution in [0.5, 0.6) is 0 Å². The number of benzene rings is 3. The molecular formula is C22H17BrClNO. The number of hydrogen-bond acceptors (Lipinski definition) is 1. The number of nitrogens with zero attached hydrogens (tertiary/aromatic N) is 1. The second-order valence-corrected chi connectivity index (χ2v) is 7.85. The van der Waals surface area contributed by atoms with Gasteiger partial charge in [0.1, 0.15) is 0 Å². The van der Waals surface area contributed by atoms with Crippen molar-refractivity contribution in [1.82, 2.24) is 0 Å². The van der Waals surface area contributed by atoms with E-state index in [4.69, 9.17) is 11.6 Å². The van der Waals surface area contributed by atoms with Crippen LogP contribution in [0.4, 0.5) is 5.69 Å². The molecule has 0 spiro atoms. The summed E-state index contributed by atoms with van der Waals surface area (Å²) in [6.07, 6.45) is 0.677. The van der Waals surface area contributed by atoms with Crippen molar-refractivity contribution in [3.05, 3.63) is 99.0 Å². The van der Waals surface area contributed by atoms with Gasteiger partial charge in [-0.05, 0) is 47.4 Å². The van der Waals surface area contributed by atoms with Crippen LogP contribution < -0.4 is 4.90 Å². The van der Waals surface area contributed by atoms with Crippen molar-refractivity contribution in [1.29, 1.82) is 0 Å². The van der Waals surface area contributed by atoms with Crippen LogP contribution in [-0.2, 0) is 17.8 Å². The summed E-state index contributed by atoms with van der Waals surface area (Å²) >= 11 is 9.53. The Morgan fingerprint density at radius 1 is 0.923 bits per heavy atom. The van der Waals surface area contributed by atoms with E-state index in [9.17, 15) is 4.79 Å². The second kappa shape index (κ2) is 7.26. The van der Waals surface area contributed by atoms with Crippen LogP contribution in [0.2, 0.25) is 5.02 Å². The van der Waals surface area contributed by atoms with Crippen molar-refractivity contribution >= 4 is 39.1 Å². The van der Waals surface area contributed by atoms with E-state index < -0.39 is 0 Å². The molecule has 0 fully saturated rings. The average Bonchev–Trinajstić information content (AvgIpc) is 2.89. The summed E-state index contributed by atoms with van der Waals surface area (Å²) in [4.78, 5) is 15.1. The Morgan fingerprint density at radius 3 is 2.38 bits per heavy atom. The molecule has 1 aliphatic heterocycles. The smallest absolute Gasteiger partial charge is 0.235 e. The molecule has 0 N–H and O–H groups in total. The van der Waals surface area contributed by atoms with E-state index in [2.05, 4.69) is 34.1 Å². The van der Waals surface area contributed by atoms with Gasteiger partial charge in [0.2, 0.25) is 5.91 Å². The van der Waals surface area contributed by atoms with Gasteiger partial charge in [-0.3, -0.25) is 4.79 Å². The summed E-state index contributed by atoms with van der Waals surface area (Å²) in [5, 5.41) is 0.710. The van der Waals surface area contributed by atoms with Gasteiger partial charge in [0.05, 0.1) is 12.5 Å². The maximum atomic E-state index is 13.2. The molecule has 26 heavy (non-hydrogen) atoms. The summed E-state index contributed by atoms with van der Waals surface area (Å²) in [6, 6.07) is 23.9. The van der Waals surface area contributed by atoms with Crippen molar-refractivity contribution in [3.63, 3.8) is 0 Å². The van der Waals surface area contributed by atoms with Crippen molar-refractivity contribution in [2.45, 2.75) is 18.9 Å². The summed E-state index contributed by atoms with van der Waals surface area (Å²) < 4.78 is 0.981. The van der Waals surface area contributed by atoms with Crippen LogP contribution >= 0.6 is 27.5 Å². The lowest BCUT2D eigenvalue weighted by molar-refractivity contribution is -0.119. The zero-order chi connectivity index (χ0) is 18.1. The first-order valence-electron chi connectivity index (χ1n) is 8.51. The summed E-state index contributed by atoms with van der Waals surface area (Å²) in [5.41, 5.74) is 4.32. The topological polar surface area (TPSA) is 20.3 Å². The Labute approximate surface area is 166 Å². The minimum Gasteiger partial charge on any atom is -0.307 e. The minimum absolute atomic E-state index is 0.150. The van der Waals surface area contributed by atoms with Crippen molar-refractivity contribution in [2.24, 2.45) is 0 Å². The van der Waals surface area contributed by atoms with Gasteiger partial charge in [-0.1, -0.05) is 76.1 Å². The highest BCUT2D eigenvalue weighted by molar-refractivity contribution is 9.10. The van der Waals surface area contributed by atoms with Gasteiger partial charge in [-0.25, -0.2) is 0 Å². The first-order valence-corrected chi connectivity index (χ1v) is 9.68. The number of hydrogen-bond donors (Lipinski definition) is 0. The molecule has 3 aromatic carbocycles. The molecule has 0 saturated heterocycles. The van der Waals surface area contributed by atoms with Crippen LogP contribution in [0.1, 0.15) is 22.6 Å². The van der Waals surface area contributed by atoms with E-state index in [1.165, 1.54) is 0 Å². The van der Waals surface area contributed by atoms with Gasteiger partial charge in [-0.15, -0.1) is 0 Å². The largest absolute Gasteiger partial charge is 0.307 e. The lowest BCUT2D eigenvalue weighted by Gasteiger charge is -2.18. The Bertz CT molecular complexity index is 940. The van der Waals surface area contributed by atoms with Crippen LogP contribution in [0.25, 0.3) is 0 Å². The highest BCUT2D eigenvalue weighted by atomic mass is 79.9. The molecule has 4 rings (SSSR count). The van der Waals surface area contributed by atoms with Crippen molar-refractivity contribution < 1.29 is 4.79 Å². The van der Waals surface area contributed by atoms with E-state index in [0.717, 1.165) is 26.9 Å². The number of halogens is 2. The molecule has 0 saturated carbocycles. The van der Waals surface area contributed by atoms with E-state index in [-0.39, 0.29) is 11.8 Å². The van der Waals surface area contributed by atoms with Gasteiger partial charge in [-0.2, -0.15) is 0 Å². The third-order valence-electron chi connectivity index (χ3n) is 4.76. The number of carbonyl (C=O) groups is 1. The van der Waals surface area contributed by atoms with E-state index in [1.54, 1.807) is 0 Å². The molecule has 1 heterocycles. The van der Waals surface area contributed by atoms with E-state index in [1.807, 2.05) is 59.5 Å². The molecule has 0 radical (unpaired) electrons. The highest BCUT2D eigenvalue weighted by Crippen LogP contribution is 2.41. The standard InChI is InChI=1S/C22H17BrClNO/c23-17-8-11-19-20(12-15-6-9-18(24)10-7-15)22(26)25(21(19)13-17)14-16-4-2-1-3-5-16/h1-11,13,20H,12,14H2. The van der Waals surface area contributed by atoms with E-state index >= 15 is 0 Å². The zero-order valence-electron chi connectivity index (χ0n) is 14.0. The Morgan fingerprint density at radius 2 is 1.65 bits per heavy atom. The van der Waals surface area contributed by atoms with Gasteiger partial charge < -0.3 is 4.90 Å². The van der Waals surface area contributed by atoms with Crippen LogP contribution in [-0.4, -0.2) is 5.91 Å². The van der Waals surface area contributed by atoms with Crippen molar-refractivity contribution in [3.8, 4) is 0 Å². The SMILES string of the molecule is O=C1C(Cc2ccc(Cl)cc2)c2ccc(Br)cc2N1Cc1ccccc1. The number of amides is 1. The monoisotopic (exact) mass is 425 g/mol. The van der Waals surface area contributed by atoms with Crippen LogP contribution in [0, 0.1) is 0 Å². The molecule has 1 atom stereocenters. The molecule has 0 aromatic heterocycles. The van der Waals surface area contributed by atoms with E-state index in [0.29, 0.717) is 18.0 Å². The third kappa shape index (κ3) is 3.42. The fraction of sp³-hybridized carbons (Fsp3) is 0.136. The van der Waals surface area contributed by atoms with Gasteiger partial charge in [0.25, 0.3) is 0 Å². The molecule has 2 nitrogen and oxygen atoms in total. The minimum atomic E-state index is -0.164. The molecule has 1 aliphatic rings. The highest BCUT2D eigenvalue weighted by Gasteiger charge is 2.37. The fourth-order valence-electron chi connectivity index (χ4n) is 3.47. The Balaban J connectivity index is 1.68. The van der Waals surface area contributed by atoms with Crippen LogP contribution in [0.3, 0.4) is 0 Å². The number of fused-ring (bicyclic) bond motifs is 1. The van der Waals surface area contributed by atoms with Crippen molar-refractivity contribution in [2.75, 3.05) is 4.90 Å². The Hall–Kier alpha value is -2.10. The maximum absolute atomic E-state index is 13.2. The zero-order valence-corrected chi connectivity index (χ0v) is 16.4. The van der Waals surface area contributed by atoms with Gasteiger partial charge in [0.15, 0.2) is 0 Å². The average molecular weight is 427 g/mol. The summed E-state index contributed by atoms with van der Waals surface area (Å²) in [5.74, 6) is -0.0140. The fourth-order valence-corrected chi connectivity index (χ4v) is 3.94. The molecule has 1 amide bonds. The summed E-state index contributed by atoms with van der Waals surface area (Å²) in [6.45, 7) is 0.584. The number of carbonyl (C=O) groups excluding carboxylic acids is 1. The quantitative estimate of drug-likeness (QED) is 0.503. The predicted molar refractivity (Wildman–Crippen MR) is 110 cm³/mol. The normalized spacial score (nSPS) is 16.0. The first-order chi connectivity index (χ1) is 12.6. The molecule has 1 unspecified atom stereocenters. The van der Waals surface area contributed by atoms with Gasteiger partial charge >= 0.3 is 0 Å². The molecule has 0 bridgehead atoms. The second-order valence-electron chi connectivity index (χ2n) is 6.50. The third-order valence-corrected chi connectivity index (χ3v) is 5.50. The van der Waals surface area contributed by atoms with Crippen LogP contribution in [0.15, 0.2) is 77.3 Å².